The lowest BCUT2D eigenvalue weighted by molar-refractivity contribution is -0.0462. The van der Waals surface area contributed by atoms with Gasteiger partial charge < -0.3 is 14.6 Å². The Bertz CT molecular complexity index is 899. The molecule has 1 aliphatic heterocycles. The number of carboxylic acid groups (broad SMARTS) is 1. The lowest BCUT2D eigenvalue weighted by atomic mass is 9.97. The normalized spacial score (nSPS) is 14.3. The average Bonchev–Trinajstić information content (AvgIpc) is 3.03. The van der Waals surface area contributed by atoms with Gasteiger partial charge in [0.1, 0.15) is 11.4 Å². The van der Waals surface area contributed by atoms with E-state index >= 15 is 0 Å². The Hall–Kier alpha value is -3.34. The summed E-state index contributed by atoms with van der Waals surface area (Å²) in [7, 11) is 0. The van der Waals surface area contributed by atoms with E-state index in [9.17, 15) is 14.3 Å². The first-order valence-corrected chi connectivity index (χ1v) is 7.66. The van der Waals surface area contributed by atoms with Gasteiger partial charge in [0.2, 0.25) is 0 Å². The molecule has 25 heavy (non-hydrogen) atoms. The summed E-state index contributed by atoms with van der Waals surface area (Å²) in [4.78, 5) is 11.5. The van der Waals surface area contributed by atoms with Crippen LogP contribution >= 0.6 is 0 Å². The number of ether oxygens (including phenoxy) is 2. The molecule has 1 heterocycles. The summed E-state index contributed by atoms with van der Waals surface area (Å²) in [6.45, 7) is 0. The molecule has 0 amide bonds. The van der Waals surface area contributed by atoms with Crippen LogP contribution in [0.5, 0.6) is 11.5 Å². The van der Waals surface area contributed by atoms with Crippen molar-refractivity contribution >= 4 is 5.97 Å². The Labute approximate surface area is 143 Å². The van der Waals surface area contributed by atoms with Crippen molar-refractivity contribution in [3.05, 3.63) is 95.3 Å². The van der Waals surface area contributed by atoms with Crippen LogP contribution in [-0.2, 0) is 5.79 Å². The second-order valence-corrected chi connectivity index (χ2v) is 5.64. The van der Waals surface area contributed by atoms with E-state index < -0.39 is 17.6 Å². The van der Waals surface area contributed by atoms with E-state index in [4.69, 9.17) is 9.47 Å². The van der Waals surface area contributed by atoms with E-state index in [1.807, 2.05) is 60.7 Å². The minimum Gasteiger partial charge on any atom is -0.478 e. The monoisotopic (exact) mass is 336 g/mol. The van der Waals surface area contributed by atoms with Crippen molar-refractivity contribution in [2.75, 3.05) is 0 Å². The molecule has 0 radical (unpaired) electrons. The molecule has 3 aromatic rings. The molecule has 0 saturated heterocycles. The molecule has 0 atom stereocenters. The maximum Gasteiger partial charge on any atom is 0.339 e. The summed E-state index contributed by atoms with van der Waals surface area (Å²) < 4.78 is 25.9. The first-order chi connectivity index (χ1) is 12.1. The lowest BCUT2D eigenvalue weighted by Crippen LogP contribution is -2.36. The maximum absolute atomic E-state index is 13.8. The van der Waals surface area contributed by atoms with Crippen LogP contribution in [0.1, 0.15) is 21.5 Å². The fraction of sp³-hybridized carbons (Fsp3) is 0.0500. The minimum absolute atomic E-state index is 0.0154. The van der Waals surface area contributed by atoms with Crippen molar-refractivity contribution < 1.29 is 23.8 Å². The van der Waals surface area contributed by atoms with Gasteiger partial charge in [-0.2, -0.15) is 0 Å². The van der Waals surface area contributed by atoms with E-state index in [-0.39, 0.29) is 17.1 Å². The number of benzene rings is 3. The number of carboxylic acids is 1. The van der Waals surface area contributed by atoms with E-state index in [2.05, 4.69) is 0 Å². The lowest BCUT2D eigenvalue weighted by Gasteiger charge is -2.28. The molecule has 3 aromatic carbocycles. The largest absolute Gasteiger partial charge is 0.478 e. The van der Waals surface area contributed by atoms with Gasteiger partial charge in [0.05, 0.1) is 0 Å². The molecule has 0 unspecified atom stereocenters. The molecule has 0 aromatic heterocycles. The first-order valence-electron chi connectivity index (χ1n) is 7.66. The Morgan fingerprint density at radius 3 is 1.96 bits per heavy atom. The smallest absolute Gasteiger partial charge is 0.339 e. The predicted molar refractivity (Wildman–Crippen MR) is 88.3 cm³/mol. The molecular formula is C20H13FO4. The van der Waals surface area contributed by atoms with Crippen molar-refractivity contribution in [3.63, 3.8) is 0 Å². The van der Waals surface area contributed by atoms with Gasteiger partial charge in [-0.05, 0) is 6.07 Å². The number of carbonyl (C=O) groups is 1. The highest BCUT2D eigenvalue weighted by Gasteiger charge is 2.47. The van der Waals surface area contributed by atoms with Crippen LogP contribution in [0.4, 0.5) is 4.39 Å². The Morgan fingerprint density at radius 1 is 0.880 bits per heavy atom. The molecule has 5 heteroatoms. The second kappa shape index (κ2) is 5.63. The standard InChI is InChI=1S/C20H13FO4/c21-15-11-16(19(22)23)18-17(12-15)24-20(25-18,13-7-3-1-4-8-13)14-9-5-2-6-10-14/h1-12H,(H,22,23). The van der Waals surface area contributed by atoms with Crippen molar-refractivity contribution in [2.24, 2.45) is 0 Å². The third kappa shape index (κ3) is 2.41. The quantitative estimate of drug-likeness (QED) is 0.779. The molecule has 4 nitrogen and oxygen atoms in total. The topological polar surface area (TPSA) is 55.8 Å². The van der Waals surface area contributed by atoms with Crippen LogP contribution in [0.3, 0.4) is 0 Å². The summed E-state index contributed by atoms with van der Waals surface area (Å²) in [5.74, 6) is -3.28. The number of fused-ring (bicyclic) bond motifs is 1. The molecule has 0 bridgehead atoms. The highest BCUT2D eigenvalue weighted by atomic mass is 19.1. The van der Waals surface area contributed by atoms with Crippen LogP contribution < -0.4 is 9.47 Å². The fourth-order valence-corrected chi connectivity index (χ4v) is 2.95. The molecule has 0 spiro atoms. The van der Waals surface area contributed by atoms with Crippen molar-refractivity contribution in [1.82, 2.24) is 0 Å². The molecule has 1 N–H and O–H groups in total. The number of hydrogen-bond donors (Lipinski definition) is 1. The first kappa shape index (κ1) is 15.2. The number of halogens is 1. The zero-order valence-corrected chi connectivity index (χ0v) is 13.0. The van der Waals surface area contributed by atoms with Gasteiger partial charge in [-0.25, -0.2) is 9.18 Å². The van der Waals surface area contributed by atoms with Gasteiger partial charge in [0.15, 0.2) is 11.5 Å². The number of rotatable bonds is 3. The number of hydrogen-bond acceptors (Lipinski definition) is 3. The molecule has 0 saturated carbocycles. The molecule has 1 aliphatic rings. The maximum atomic E-state index is 13.8. The summed E-state index contributed by atoms with van der Waals surface area (Å²) in [5.41, 5.74) is 1.08. The zero-order valence-electron chi connectivity index (χ0n) is 13.0. The fourth-order valence-electron chi connectivity index (χ4n) is 2.95. The molecule has 124 valence electrons. The van der Waals surface area contributed by atoms with Gasteiger partial charge in [-0.1, -0.05) is 60.7 Å². The van der Waals surface area contributed by atoms with Gasteiger partial charge in [0.25, 0.3) is 0 Å². The SMILES string of the molecule is O=C(O)c1cc(F)cc2c1OC(c1ccccc1)(c1ccccc1)O2. The van der Waals surface area contributed by atoms with E-state index in [1.165, 1.54) is 0 Å². The summed E-state index contributed by atoms with van der Waals surface area (Å²) in [6.07, 6.45) is 0. The van der Waals surface area contributed by atoms with E-state index in [0.717, 1.165) is 12.1 Å². The van der Waals surface area contributed by atoms with E-state index in [0.29, 0.717) is 11.1 Å². The average molecular weight is 336 g/mol. The Morgan fingerprint density at radius 2 is 1.44 bits per heavy atom. The molecule has 0 aliphatic carbocycles. The molecular weight excluding hydrogens is 323 g/mol. The highest BCUT2D eigenvalue weighted by molar-refractivity contribution is 5.92. The highest BCUT2D eigenvalue weighted by Crippen LogP contribution is 2.49. The molecule has 0 fully saturated rings. The van der Waals surface area contributed by atoms with Crippen molar-refractivity contribution in [3.8, 4) is 11.5 Å². The Kier molecular flexibility index (Phi) is 3.42. The van der Waals surface area contributed by atoms with Gasteiger partial charge >= 0.3 is 11.8 Å². The van der Waals surface area contributed by atoms with E-state index in [1.54, 1.807) is 0 Å². The van der Waals surface area contributed by atoms with Crippen LogP contribution in [-0.4, -0.2) is 11.1 Å². The van der Waals surface area contributed by atoms with Crippen LogP contribution in [0.2, 0.25) is 0 Å². The summed E-state index contributed by atoms with van der Waals surface area (Å²) in [5, 5.41) is 9.38. The van der Waals surface area contributed by atoms with Gasteiger partial charge in [-0.15, -0.1) is 0 Å². The van der Waals surface area contributed by atoms with Gasteiger partial charge in [0, 0.05) is 17.2 Å². The van der Waals surface area contributed by atoms with Crippen LogP contribution in [0.15, 0.2) is 72.8 Å². The zero-order chi connectivity index (χ0) is 17.4. The summed E-state index contributed by atoms with van der Waals surface area (Å²) in [6, 6.07) is 20.3. The van der Waals surface area contributed by atoms with Crippen LogP contribution in [0.25, 0.3) is 0 Å². The van der Waals surface area contributed by atoms with Crippen molar-refractivity contribution in [1.29, 1.82) is 0 Å². The van der Waals surface area contributed by atoms with Gasteiger partial charge in [-0.3, -0.25) is 0 Å². The third-order valence-corrected chi connectivity index (χ3v) is 4.06. The second-order valence-electron chi connectivity index (χ2n) is 5.64. The predicted octanol–water partition coefficient (Wildman–Crippen LogP) is 4.20. The third-order valence-electron chi connectivity index (χ3n) is 4.06. The summed E-state index contributed by atoms with van der Waals surface area (Å²) >= 11 is 0. The van der Waals surface area contributed by atoms with Crippen LogP contribution in [0, 0.1) is 5.82 Å². The Balaban J connectivity index is 1.94. The minimum atomic E-state index is -1.37. The molecule has 4 rings (SSSR count). The van der Waals surface area contributed by atoms with Crippen molar-refractivity contribution in [2.45, 2.75) is 5.79 Å². The number of aromatic carboxylic acids is 1.